The number of ether oxygens (including phenoxy) is 1. The number of hydrogen-bond acceptors (Lipinski definition) is 4. The lowest BCUT2D eigenvalue weighted by Crippen LogP contribution is -2.57. The van der Waals surface area contributed by atoms with E-state index in [0.29, 0.717) is 45.4 Å². The lowest BCUT2D eigenvalue weighted by molar-refractivity contribution is -0.146. The summed E-state index contributed by atoms with van der Waals surface area (Å²) in [6.07, 6.45) is 5.52. The zero-order valence-electron chi connectivity index (χ0n) is 13.8. The third-order valence-corrected chi connectivity index (χ3v) is 5.01. The van der Waals surface area contributed by atoms with E-state index in [0.717, 1.165) is 19.4 Å². The van der Waals surface area contributed by atoms with Crippen LogP contribution in [0.2, 0.25) is 0 Å². The molecule has 2 heterocycles. The van der Waals surface area contributed by atoms with Gasteiger partial charge in [0.15, 0.2) is 0 Å². The van der Waals surface area contributed by atoms with Gasteiger partial charge in [-0.15, -0.1) is 0 Å². The van der Waals surface area contributed by atoms with Crippen LogP contribution in [0.5, 0.6) is 0 Å². The molecule has 23 heavy (non-hydrogen) atoms. The van der Waals surface area contributed by atoms with Gasteiger partial charge in [-0.1, -0.05) is 19.3 Å². The van der Waals surface area contributed by atoms with Crippen molar-refractivity contribution >= 4 is 11.9 Å². The van der Waals surface area contributed by atoms with Gasteiger partial charge in [-0.2, -0.15) is 0 Å². The highest BCUT2D eigenvalue weighted by atomic mass is 16.5. The fourth-order valence-electron chi connectivity index (χ4n) is 3.57. The molecule has 0 aromatic heterocycles. The molecule has 2 N–H and O–H groups in total. The number of carbonyl (C=O) groups excluding carboxylic acids is 2. The van der Waals surface area contributed by atoms with Crippen LogP contribution in [0.15, 0.2) is 0 Å². The summed E-state index contributed by atoms with van der Waals surface area (Å²) in [6.45, 7) is 4.36. The molecule has 0 aromatic carbocycles. The lowest BCUT2D eigenvalue weighted by Gasteiger charge is -2.37. The number of rotatable bonds is 2. The van der Waals surface area contributed by atoms with Crippen LogP contribution in [0.25, 0.3) is 0 Å². The fourth-order valence-corrected chi connectivity index (χ4v) is 3.57. The van der Waals surface area contributed by atoms with Gasteiger partial charge in [0.1, 0.15) is 6.10 Å². The molecule has 0 spiro atoms. The molecule has 0 radical (unpaired) electrons. The summed E-state index contributed by atoms with van der Waals surface area (Å²) >= 11 is 0. The van der Waals surface area contributed by atoms with Gasteiger partial charge in [0.25, 0.3) is 5.91 Å². The van der Waals surface area contributed by atoms with Crippen molar-refractivity contribution in [3.63, 3.8) is 0 Å². The minimum absolute atomic E-state index is 0.0274. The topological polar surface area (TPSA) is 73.9 Å². The maximum atomic E-state index is 12.4. The van der Waals surface area contributed by atoms with Crippen molar-refractivity contribution < 1.29 is 14.3 Å². The molecule has 1 saturated carbocycles. The van der Waals surface area contributed by atoms with Gasteiger partial charge in [-0.3, -0.25) is 4.79 Å². The van der Waals surface area contributed by atoms with E-state index in [-0.39, 0.29) is 18.0 Å². The highest BCUT2D eigenvalue weighted by Crippen LogP contribution is 2.18. The van der Waals surface area contributed by atoms with Crippen LogP contribution in [0.4, 0.5) is 4.79 Å². The molecule has 1 aliphatic carbocycles. The first-order chi connectivity index (χ1) is 11.2. The molecule has 3 amide bonds. The van der Waals surface area contributed by atoms with E-state index in [2.05, 4.69) is 10.6 Å². The fraction of sp³-hybridized carbons (Fsp3) is 0.875. The Kier molecular flexibility index (Phi) is 5.72. The number of piperazine rings is 1. The summed E-state index contributed by atoms with van der Waals surface area (Å²) in [7, 11) is 0. The average Bonchev–Trinajstić information content (AvgIpc) is 2.63. The molecular weight excluding hydrogens is 296 g/mol. The third-order valence-electron chi connectivity index (χ3n) is 5.01. The quantitative estimate of drug-likeness (QED) is 0.759. The number of nitrogens with zero attached hydrogens (tertiary/aromatic N) is 2. The van der Waals surface area contributed by atoms with Crippen molar-refractivity contribution in [2.24, 2.45) is 0 Å². The van der Waals surface area contributed by atoms with Crippen molar-refractivity contribution in [1.82, 2.24) is 20.4 Å². The third kappa shape index (κ3) is 4.35. The van der Waals surface area contributed by atoms with Gasteiger partial charge in [0.05, 0.1) is 6.61 Å². The van der Waals surface area contributed by atoms with E-state index in [1.807, 2.05) is 9.80 Å². The van der Waals surface area contributed by atoms with Crippen LogP contribution in [-0.2, 0) is 9.53 Å². The molecule has 3 fully saturated rings. The number of morpholine rings is 1. The van der Waals surface area contributed by atoms with Crippen molar-refractivity contribution in [3.8, 4) is 0 Å². The van der Waals surface area contributed by atoms with Crippen LogP contribution in [0.1, 0.15) is 32.1 Å². The molecule has 3 aliphatic rings. The zero-order valence-corrected chi connectivity index (χ0v) is 13.8. The molecular formula is C16H28N4O3. The number of amides is 3. The second-order valence-corrected chi connectivity index (χ2v) is 6.66. The molecule has 0 aromatic rings. The maximum Gasteiger partial charge on any atom is 0.317 e. The Balaban J connectivity index is 1.42. The van der Waals surface area contributed by atoms with Gasteiger partial charge in [-0.25, -0.2) is 4.79 Å². The summed E-state index contributed by atoms with van der Waals surface area (Å²) in [5.41, 5.74) is 0. The highest BCUT2D eigenvalue weighted by Gasteiger charge is 2.30. The van der Waals surface area contributed by atoms with Gasteiger partial charge >= 0.3 is 6.03 Å². The molecule has 1 unspecified atom stereocenters. The van der Waals surface area contributed by atoms with Gasteiger partial charge in [0, 0.05) is 45.3 Å². The molecule has 3 rings (SSSR count). The van der Waals surface area contributed by atoms with Crippen molar-refractivity contribution in [3.05, 3.63) is 0 Å². The van der Waals surface area contributed by atoms with Crippen LogP contribution in [0.3, 0.4) is 0 Å². The van der Waals surface area contributed by atoms with Crippen molar-refractivity contribution in [2.75, 3.05) is 45.9 Å². The minimum atomic E-state index is -0.369. The molecule has 130 valence electrons. The molecule has 7 nitrogen and oxygen atoms in total. The Labute approximate surface area is 137 Å². The second-order valence-electron chi connectivity index (χ2n) is 6.66. The Bertz CT molecular complexity index is 412. The SMILES string of the molecule is O=C(NC1CCCCC1)N1CCN(C(=O)C2CNCCO2)CC1. The standard InChI is InChI=1S/C16H28N4O3/c21-15(14-12-17-6-11-23-14)19-7-9-20(10-8-19)16(22)18-13-4-2-1-3-5-13/h13-14,17H,1-12H2,(H,18,22). The first-order valence-electron chi connectivity index (χ1n) is 8.90. The van der Waals surface area contributed by atoms with Crippen molar-refractivity contribution in [2.45, 2.75) is 44.2 Å². The monoisotopic (exact) mass is 324 g/mol. The van der Waals surface area contributed by atoms with Crippen LogP contribution in [-0.4, -0.2) is 79.8 Å². The molecule has 2 saturated heterocycles. The molecule has 7 heteroatoms. The Morgan fingerprint density at radius 1 is 1.00 bits per heavy atom. The molecule has 1 atom stereocenters. The van der Waals surface area contributed by atoms with E-state index < -0.39 is 0 Å². The summed E-state index contributed by atoms with van der Waals surface area (Å²) in [5.74, 6) is 0.0459. The normalized spacial score (nSPS) is 26.9. The predicted octanol–water partition coefficient (Wildman–Crippen LogP) is 0.161. The van der Waals surface area contributed by atoms with E-state index in [4.69, 9.17) is 4.74 Å². The van der Waals surface area contributed by atoms with Crippen LogP contribution < -0.4 is 10.6 Å². The average molecular weight is 324 g/mol. The van der Waals surface area contributed by atoms with E-state index >= 15 is 0 Å². The smallest absolute Gasteiger partial charge is 0.317 e. The van der Waals surface area contributed by atoms with Gasteiger partial charge in [0.2, 0.25) is 0 Å². The largest absolute Gasteiger partial charge is 0.366 e. The van der Waals surface area contributed by atoms with Crippen LogP contribution >= 0.6 is 0 Å². The van der Waals surface area contributed by atoms with Gasteiger partial charge < -0.3 is 25.2 Å². The summed E-state index contributed by atoms with van der Waals surface area (Å²) in [5, 5.41) is 6.33. The van der Waals surface area contributed by atoms with E-state index in [9.17, 15) is 9.59 Å². The Hall–Kier alpha value is -1.34. The zero-order chi connectivity index (χ0) is 16.1. The second kappa shape index (κ2) is 7.97. The molecule has 0 bridgehead atoms. The predicted molar refractivity (Wildman–Crippen MR) is 86.2 cm³/mol. The Morgan fingerprint density at radius 3 is 2.35 bits per heavy atom. The number of carbonyl (C=O) groups is 2. The lowest BCUT2D eigenvalue weighted by atomic mass is 9.96. The van der Waals surface area contributed by atoms with Gasteiger partial charge in [-0.05, 0) is 12.8 Å². The summed E-state index contributed by atoms with van der Waals surface area (Å²) in [6, 6.07) is 0.359. The number of urea groups is 1. The number of nitrogens with one attached hydrogen (secondary N) is 2. The minimum Gasteiger partial charge on any atom is -0.366 e. The first kappa shape index (κ1) is 16.5. The highest BCUT2D eigenvalue weighted by molar-refractivity contribution is 5.82. The first-order valence-corrected chi connectivity index (χ1v) is 8.90. The molecule has 2 aliphatic heterocycles. The summed E-state index contributed by atoms with van der Waals surface area (Å²) < 4.78 is 5.52. The van der Waals surface area contributed by atoms with Crippen LogP contribution in [0, 0.1) is 0 Å². The van der Waals surface area contributed by atoms with Crippen molar-refractivity contribution in [1.29, 1.82) is 0 Å². The van der Waals surface area contributed by atoms with E-state index in [1.165, 1.54) is 19.3 Å². The maximum absolute atomic E-state index is 12.4. The number of hydrogen-bond donors (Lipinski definition) is 2. The summed E-state index contributed by atoms with van der Waals surface area (Å²) in [4.78, 5) is 28.4. The van der Waals surface area contributed by atoms with E-state index in [1.54, 1.807) is 0 Å². The Morgan fingerprint density at radius 2 is 1.70 bits per heavy atom.